The molecule has 2 heterocycles. The minimum absolute atomic E-state index is 0.173. The molecule has 25 heavy (non-hydrogen) atoms. The highest BCUT2D eigenvalue weighted by molar-refractivity contribution is 7.89. The monoisotopic (exact) mass is 368 g/mol. The molecule has 2 aromatic rings. The lowest BCUT2D eigenvalue weighted by atomic mass is 10.3. The second kappa shape index (κ2) is 6.89. The van der Waals surface area contributed by atoms with Crippen molar-refractivity contribution in [1.82, 2.24) is 14.5 Å². The van der Waals surface area contributed by atoms with Crippen molar-refractivity contribution in [2.45, 2.75) is 11.8 Å². The molecule has 0 aliphatic carbocycles. The van der Waals surface area contributed by atoms with Crippen LogP contribution >= 0.6 is 0 Å². The van der Waals surface area contributed by atoms with E-state index in [1.54, 1.807) is 13.0 Å². The normalized spacial score (nSPS) is 16.0. The van der Waals surface area contributed by atoms with Crippen LogP contribution in [-0.4, -0.2) is 63.3 Å². The number of sulfonamides is 1. The van der Waals surface area contributed by atoms with Gasteiger partial charge in [-0.3, -0.25) is 0 Å². The van der Waals surface area contributed by atoms with Crippen LogP contribution < -0.4 is 14.4 Å². The van der Waals surface area contributed by atoms with Gasteiger partial charge in [-0.15, -0.1) is 5.10 Å². The Balaban J connectivity index is 1.75. The van der Waals surface area contributed by atoms with Crippen LogP contribution in [0.3, 0.4) is 0 Å². The molecule has 0 N–H and O–H groups in total. The number of aryl methyl sites for hydroxylation is 1. The molecule has 0 amide bonds. The summed E-state index contributed by atoms with van der Waals surface area (Å²) in [5.41, 5.74) is 0. The largest absolute Gasteiger partial charge is 0.493 e. The molecular formula is C15H20N4O5S. The number of methoxy groups -OCH3 is 2. The van der Waals surface area contributed by atoms with Crippen molar-refractivity contribution in [1.29, 1.82) is 0 Å². The van der Waals surface area contributed by atoms with Crippen LogP contribution in [0.4, 0.5) is 6.01 Å². The lowest BCUT2D eigenvalue weighted by molar-refractivity contribution is 0.352. The zero-order valence-corrected chi connectivity index (χ0v) is 15.1. The number of ether oxygens (including phenoxy) is 2. The topological polar surface area (TPSA) is 98.0 Å². The average molecular weight is 368 g/mol. The quantitative estimate of drug-likeness (QED) is 0.768. The zero-order valence-electron chi connectivity index (χ0n) is 14.3. The summed E-state index contributed by atoms with van der Waals surface area (Å²) in [5, 5.41) is 7.76. The number of rotatable bonds is 5. The van der Waals surface area contributed by atoms with Gasteiger partial charge in [0.05, 0.1) is 19.1 Å². The summed E-state index contributed by atoms with van der Waals surface area (Å²) in [6, 6.07) is 5.00. The van der Waals surface area contributed by atoms with E-state index in [1.807, 2.05) is 4.90 Å². The number of anilines is 1. The first-order valence-electron chi connectivity index (χ1n) is 7.73. The summed E-state index contributed by atoms with van der Waals surface area (Å²) >= 11 is 0. The summed E-state index contributed by atoms with van der Waals surface area (Å²) < 4.78 is 42.9. The van der Waals surface area contributed by atoms with Crippen molar-refractivity contribution < 1.29 is 22.3 Å². The van der Waals surface area contributed by atoms with Gasteiger partial charge >= 0.3 is 6.01 Å². The van der Waals surface area contributed by atoms with Gasteiger partial charge in [0, 0.05) is 39.2 Å². The van der Waals surface area contributed by atoms with Gasteiger partial charge in [0.15, 0.2) is 11.5 Å². The highest BCUT2D eigenvalue weighted by Gasteiger charge is 2.30. The minimum Gasteiger partial charge on any atom is -0.493 e. The van der Waals surface area contributed by atoms with Crippen molar-refractivity contribution >= 4 is 16.0 Å². The second-order valence-electron chi connectivity index (χ2n) is 5.51. The van der Waals surface area contributed by atoms with Gasteiger partial charge in [-0.25, -0.2) is 8.42 Å². The maximum atomic E-state index is 12.9. The maximum Gasteiger partial charge on any atom is 0.318 e. The van der Waals surface area contributed by atoms with Gasteiger partial charge in [0.25, 0.3) is 0 Å². The third-order valence-electron chi connectivity index (χ3n) is 4.02. The standard InChI is InChI=1S/C15H20N4O5S/c1-11-16-17-15(24-11)18-6-8-19(9-7-18)25(20,21)12-4-5-13(22-2)14(10-12)23-3/h4-5,10H,6-9H2,1-3H3. The molecular weight excluding hydrogens is 348 g/mol. The Hall–Kier alpha value is -2.33. The molecule has 1 aromatic carbocycles. The highest BCUT2D eigenvalue weighted by atomic mass is 32.2. The van der Waals surface area contributed by atoms with E-state index >= 15 is 0 Å². The maximum absolute atomic E-state index is 12.9. The van der Waals surface area contributed by atoms with Crippen molar-refractivity contribution in [2.75, 3.05) is 45.3 Å². The zero-order chi connectivity index (χ0) is 18.0. The van der Waals surface area contributed by atoms with Crippen LogP contribution in [0.2, 0.25) is 0 Å². The summed E-state index contributed by atoms with van der Waals surface area (Å²) in [6.07, 6.45) is 0. The molecule has 136 valence electrons. The van der Waals surface area contributed by atoms with Crippen LogP contribution in [0, 0.1) is 6.92 Å². The molecule has 1 fully saturated rings. The molecule has 0 radical (unpaired) electrons. The van der Waals surface area contributed by atoms with Gasteiger partial charge in [0.2, 0.25) is 15.9 Å². The molecule has 1 aliphatic rings. The lowest BCUT2D eigenvalue weighted by Gasteiger charge is -2.32. The van der Waals surface area contributed by atoms with E-state index in [-0.39, 0.29) is 4.90 Å². The lowest BCUT2D eigenvalue weighted by Crippen LogP contribution is -2.48. The Bertz CT molecular complexity index is 843. The van der Waals surface area contributed by atoms with E-state index in [1.165, 1.54) is 30.7 Å². The Morgan fingerprint density at radius 3 is 2.28 bits per heavy atom. The highest BCUT2D eigenvalue weighted by Crippen LogP contribution is 2.31. The fourth-order valence-corrected chi connectivity index (χ4v) is 4.10. The third kappa shape index (κ3) is 3.40. The average Bonchev–Trinajstić information content (AvgIpc) is 3.07. The van der Waals surface area contributed by atoms with Gasteiger partial charge < -0.3 is 18.8 Å². The minimum atomic E-state index is -3.62. The predicted octanol–water partition coefficient (Wildman–Crippen LogP) is 0.906. The van der Waals surface area contributed by atoms with E-state index in [4.69, 9.17) is 13.9 Å². The fraction of sp³-hybridized carbons (Fsp3) is 0.467. The molecule has 1 saturated heterocycles. The van der Waals surface area contributed by atoms with Crippen LogP contribution in [0.15, 0.2) is 27.5 Å². The summed E-state index contributed by atoms with van der Waals surface area (Å²) in [5.74, 6) is 1.34. The molecule has 9 nitrogen and oxygen atoms in total. The Labute approximate surface area is 146 Å². The molecule has 10 heteroatoms. The van der Waals surface area contributed by atoms with Crippen molar-refractivity contribution in [3.63, 3.8) is 0 Å². The molecule has 0 bridgehead atoms. The Morgan fingerprint density at radius 2 is 1.72 bits per heavy atom. The number of benzene rings is 1. The van der Waals surface area contributed by atoms with Crippen LogP contribution in [0.5, 0.6) is 11.5 Å². The summed E-state index contributed by atoms with van der Waals surface area (Å²) in [7, 11) is -0.639. The third-order valence-corrected chi connectivity index (χ3v) is 5.91. The number of hydrogen-bond donors (Lipinski definition) is 0. The number of piperazine rings is 1. The molecule has 0 atom stereocenters. The SMILES string of the molecule is COc1ccc(S(=O)(=O)N2CCN(c3nnc(C)o3)CC2)cc1OC. The van der Waals surface area contributed by atoms with Gasteiger partial charge in [-0.1, -0.05) is 5.10 Å². The first kappa shape index (κ1) is 17.5. The number of nitrogens with zero attached hydrogens (tertiary/aromatic N) is 4. The Morgan fingerprint density at radius 1 is 1.04 bits per heavy atom. The van der Waals surface area contributed by atoms with Gasteiger partial charge in [0.1, 0.15) is 0 Å². The molecule has 1 aliphatic heterocycles. The van der Waals surface area contributed by atoms with E-state index in [0.29, 0.717) is 49.6 Å². The van der Waals surface area contributed by atoms with Gasteiger partial charge in [-0.2, -0.15) is 4.31 Å². The first-order chi connectivity index (χ1) is 12.0. The first-order valence-corrected chi connectivity index (χ1v) is 9.17. The fourth-order valence-electron chi connectivity index (χ4n) is 2.66. The van der Waals surface area contributed by atoms with Crippen LogP contribution in [-0.2, 0) is 10.0 Å². The van der Waals surface area contributed by atoms with Gasteiger partial charge in [-0.05, 0) is 12.1 Å². The van der Waals surface area contributed by atoms with Crippen LogP contribution in [0.1, 0.15) is 5.89 Å². The van der Waals surface area contributed by atoms with E-state index in [0.717, 1.165) is 0 Å². The number of hydrogen-bond acceptors (Lipinski definition) is 8. The predicted molar refractivity (Wildman–Crippen MR) is 89.6 cm³/mol. The summed E-state index contributed by atoms with van der Waals surface area (Å²) in [6.45, 7) is 3.34. The van der Waals surface area contributed by atoms with E-state index in [2.05, 4.69) is 10.2 Å². The smallest absolute Gasteiger partial charge is 0.318 e. The number of aromatic nitrogens is 2. The van der Waals surface area contributed by atoms with Crippen molar-refractivity contribution in [3.8, 4) is 11.5 Å². The second-order valence-corrected chi connectivity index (χ2v) is 7.45. The van der Waals surface area contributed by atoms with Crippen molar-refractivity contribution in [3.05, 3.63) is 24.1 Å². The Kier molecular flexibility index (Phi) is 4.82. The molecule has 0 spiro atoms. The van der Waals surface area contributed by atoms with E-state index < -0.39 is 10.0 Å². The molecule has 3 rings (SSSR count). The van der Waals surface area contributed by atoms with E-state index in [9.17, 15) is 8.42 Å². The molecule has 0 saturated carbocycles. The van der Waals surface area contributed by atoms with Crippen molar-refractivity contribution in [2.24, 2.45) is 0 Å². The molecule has 1 aromatic heterocycles. The van der Waals surface area contributed by atoms with Crippen LogP contribution in [0.25, 0.3) is 0 Å². The summed E-state index contributed by atoms with van der Waals surface area (Å²) in [4.78, 5) is 2.05. The molecule has 0 unspecified atom stereocenters.